The zero-order chi connectivity index (χ0) is 34.3. The molecule has 0 radical (unpaired) electrons. The Hall–Kier alpha value is -5.17. The quantitative estimate of drug-likeness (QED) is 0.217. The molecular weight excluding hydrogens is 612 g/mol. The minimum Gasteiger partial charge on any atom is -0.481 e. The maximum Gasteiger partial charge on any atom is 0.407 e. The smallest absolute Gasteiger partial charge is 0.407 e. The number of ether oxygens (including phenoxy) is 2. The number of hydrogen-bond donors (Lipinski definition) is 3. The van der Waals surface area contributed by atoms with Crippen molar-refractivity contribution in [2.45, 2.75) is 64.5 Å². The minimum atomic E-state index is -0.973. The van der Waals surface area contributed by atoms with E-state index in [1.165, 1.54) is 4.90 Å². The van der Waals surface area contributed by atoms with E-state index in [2.05, 4.69) is 30.9 Å². The van der Waals surface area contributed by atoms with E-state index in [9.17, 15) is 14.4 Å². The summed E-state index contributed by atoms with van der Waals surface area (Å²) in [5.41, 5.74) is 9.67. The van der Waals surface area contributed by atoms with E-state index in [1.54, 1.807) is 37.6 Å². The molecule has 0 unspecified atom stereocenters. The highest BCUT2D eigenvalue weighted by molar-refractivity contribution is 6.17. The molecule has 2 aromatic heterocycles. The van der Waals surface area contributed by atoms with Crippen LogP contribution in [-0.2, 0) is 20.7 Å². The second-order valence-electron chi connectivity index (χ2n) is 13.0. The topological polar surface area (TPSA) is 178 Å². The molecule has 0 spiro atoms. The highest BCUT2D eigenvalue weighted by Crippen LogP contribution is 2.33. The fourth-order valence-electron chi connectivity index (χ4n) is 5.85. The van der Waals surface area contributed by atoms with Crippen LogP contribution in [0.25, 0.3) is 22.5 Å². The minimum absolute atomic E-state index is 0.205. The van der Waals surface area contributed by atoms with Crippen molar-refractivity contribution in [2.24, 2.45) is 17.6 Å². The van der Waals surface area contributed by atoms with Crippen LogP contribution in [0.15, 0.2) is 66.9 Å². The Morgan fingerprint density at radius 3 is 2.31 bits per heavy atom. The first-order chi connectivity index (χ1) is 23.0. The molecule has 1 fully saturated rings. The predicted octanol–water partition coefficient (Wildman–Crippen LogP) is 4.70. The van der Waals surface area contributed by atoms with Gasteiger partial charge < -0.3 is 20.5 Å². The Balaban J connectivity index is 1.29. The molecule has 0 saturated heterocycles. The van der Waals surface area contributed by atoms with Crippen LogP contribution in [0.1, 0.15) is 52.0 Å². The number of aromatic amines is 1. The lowest BCUT2D eigenvalue weighted by molar-refractivity contribution is -0.130. The fraction of sp³-hybridized carbons (Fsp3) is 0.400. The number of methoxy groups -OCH3 is 1. The van der Waals surface area contributed by atoms with Crippen LogP contribution in [0.4, 0.5) is 10.5 Å². The molecule has 13 nitrogen and oxygen atoms in total. The number of hydrogen-bond acceptors (Lipinski definition) is 10. The van der Waals surface area contributed by atoms with Crippen molar-refractivity contribution in [1.29, 1.82) is 0 Å². The van der Waals surface area contributed by atoms with Crippen molar-refractivity contribution in [3.63, 3.8) is 0 Å². The van der Waals surface area contributed by atoms with Crippen molar-refractivity contribution in [2.75, 3.05) is 18.6 Å². The molecule has 5 rings (SSSR count). The van der Waals surface area contributed by atoms with Crippen molar-refractivity contribution >= 4 is 23.6 Å². The third kappa shape index (κ3) is 8.59. The number of carbonyl (C=O) groups is 3. The molecule has 1 aliphatic rings. The Bertz CT molecular complexity index is 1680. The summed E-state index contributed by atoms with van der Waals surface area (Å²) in [4.78, 5) is 45.8. The van der Waals surface area contributed by atoms with E-state index in [1.807, 2.05) is 57.2 Å². The summed E-state index contributed by atoms with van der Waals surface area (Å²) in [5, 5.41) is 16.9. The van der Waals surface area contributed by atoms with Crippen LogP contribution in [0.5, 0.6) is 5.88 Å². The van der Waals surface area contributed by atoms with Gasteiger partial charge in [-0.25, -0.2) is 14.7 Å². The molecule has 252 valence electrons. The number of tetrazole rings is 1. The molecular formula is C35H42N8O5. The average Bonchev–Trinajstić information content (AvgIpc) is 3.63. The van der Waals surface area contributed by atoms with Crippen LogP contribution in [0.3, 0.4) is 0 Å². The number of anilines is 1. The first-order valence-electron chi connectivity index (χ1n) is 16.0. The van der Waals surface area contributed by atoms with Gasteiger partial charge in [-0.2, -0.15) is 5.21 Å². The molecule has 3 amide bonds. The molecule has 4 aromatic rings. The molecule has 1 saturated carbocycles. The monoisotopic (exact) mass is 654 g/mol. The molecule has 2 aromatic carbocycles. The summed E-state index contributed by atoms with van der Waals surface area (Å²) >= 11 is 0. The van der Waals surface area contributed by atoms with Crippen LogP contribution < -0.4 is 20.7 Å². The third-order valence-corrected chi connectivity index (χ3v) is 8.30. The second-order valence-corrected chi connectivity index (χ2v) is 13.0. The lowest BCUT2D eigenvalue weighted by Gasteiger charge is -2.32. The van der Waals surface area contributed by atoms with E-state index in [4.69, 9.17) is 15.2 Å². The van der Waals surface area contributed by atoms with E-state index in [0.29, 0.717) is 42.3 Å². The Morgan fingerprint density at radius 2 is 1.69 bits per heavy atom. The molecule has 48 heavy (non-hydrogen) atoms. The van der Waals surface area contributed by atoms with Gasteiger partial charge in [-0.15, -0.1) is 10.2 Å². The van der Waals surface area contributed by atoms with Gasteiger partial charge in [0.15, 0.2) is 0 Å². The maximum atomic E-state index is 14.1. The summed E-state index contributed by atoms with van der Waals surface area (Å²) in [5.74, 6) is -0.0289. The number of carbonyl (C=O) groups excluding carboxylic acids is 3. The number of aromatic nitrogens is 5. The average molecular weight is 655 g/mol. The standard InChI is InChI=1S/C35H42N8O5/c1-35(2,3)48-34(46)38-21-23-9-13-26(14-10-23)32(44)43(27-17-15-25(16-18-27)30-39-41-42-40-30)33(45)29(36)20-22-7-11-24(12-8-22)28-6-5-19-37-31(28)47-4/h5-8,11-12,15-19,23,26,29H,9-10,13-14,20-21,36H2,1-4H3,(H,38,46)(H,39,40,41,42)/t23?,26?,29-/m0/s1. The van der Waals surface area contributed by atoms with Crippen LogP contribution >= 0.6 is 0 Å². The molecule has 0 aliphatic heterocycles. The third-order valence-electron chi connectivity index (χ3n) is 8.30. The fourth-order valence-corrected chi connectivity index (χ4v) is 5.85. The van der Waals surface area contributed by atoms with E-state index in [0.717, 1.165) is 29.5 Å². The van der Waals surface area contributed by atoms with Gasteiger partial charge in [-0.1, -0.05) is 24.3 Å². The predicted molar refractivity (Wildman–Crippen MR) is 180 cm³/mol. The van der Waals surface area contributed by atoms with Gasteiger partial charge in [0.2, 0.25) is 17.6 Å². The largest absolute Gasteiger partial charge is 0.481 e. The number of H-pyrrole nitrogens is 1. The second kappa shape index (κ2) is 15.2. The van der Waals surface area contributed by atoms with Crippen LogP contribution in [0.2, 0.25) is 0 Å². The normalized spacial score (nSPS) is 16.9. The lowest BCUT2D eigenvalue weighted by atomic mass is 9.81. The molecule has 2 heterocycles. The van der Waals surface area contributed by atoms with Crippen LogP contribution in [-0.4, -0.2) is 68.8 Å². The number of nitrogens with zero attached hydrogens (tertiary/aromatic N) is 5. The highest BCUT2D eigenvalue weighted by Gasteiger charge is 2.35. The number of nitrogens with two attached hydrogens (primary N) is 1. The summed E-state index contributed by atoms with van der Waals surface area (Å²) in [7, 11) is 1.58. The molecule has 0 bridgehead atoms. The zero-order valence-electron chi connectivity index (χ0n) is 27.7. The molecule has 1 atom stereocenters. The lowest BCUT2D eigenvalue weighted by Crippen LogP contribution is -2.50. The van der Waals surface area contributed by atoms with Crippen molar-refractivity contribution in [1.82, 2.24) is 30.9 Å². The van der Waals surface area contributed by atoms with Gasteiger partial charge in [0, 0.05) is 29.8 Å². The summed E-state index contributed by atoms with van der Waals surface area (Å²) < 4.78 is 10.7. The number of nitrogens with one attached hydrogen (secondary N) is 2. The van der Waals surface area contributed by atoms with Crippen LogP contribution in [0, 0.1) is 11.8 Å². The number of amides is 3. The number of pyridine rings is 1. The van der Waals surface area contributed by atoms with Gasteiger partial charge >= 0.3 is 6.09 Å². The van der Waals surface area contributed by atoms with Gasteiger partial charge in [0.25, 0.3) is 5.91 Å². The Labute approximate surface area is 279 Å². The zero-order valence-corrected chi connectivity index (χ0v) is 27.7. The molecule has 1 aliphatic carbocycles. The van der Waals surface area contributed by atoms with Gasteiger partial charge in [-0.05, 0) is 112 Å². The first-order valence-corrected chi connectivity index (χ1v) is 16.0. The first kappa shape index (κ1) is 34.2. The van der Waals surface area contributed by atoms with E-state index in [-0.39, 0.29) is 24.2 Å². The molecule has 13 heteroatoms. The van der Waals surface area contributed by atoms with Crippen molar-refractivity contribution in [3.05, 3.63) is 72.4 Å². The van der Waals surface area contributed by atoms with Crippen molar-refractivity contribution in [3.8, 4) is 28.4 Å². The van der Waals surface area contributed by atoms with Crippen molar-refractivity contribution < 1.29 is 23.9 Å². The van der Waals surface area contributed by atoms with Gasteiger partial charge in [-0.3, -0.25) is 9.59 Å². The SMILES string of the molecule is COc1ncccc1-c1ccc(C[C@H](N)C(=O)N(C(=O)C2CCC(CNC(=O)OC(C)(C)C)CC2)c2ccc(-c3nn[nH]n3)cc2)cc1. The Kier molecular flexibility index (Phi) is 10.8. The van der Waals surface area contributed by atoms with Gasteiger partial charge in [0.1, 0.15) is 5.60 Å². The summed E-state index contributed by atoms with van der Waals surface area (Å²) in [6.45, 7) is 5.92. The Morgan fingerprint density at radius 1 is 1.00 bits per heavy atom. The highest BCUT2D eigenvalue weighted by atomic mass is 16.6. The maximum absolute atomic E-state index is 14.1. The number of rotatable bonds is 10. The van der Waals surface area contributed by atoms with Gasteiger partial charge in [0.05, 0.1) is 18.8 Å². The molecule has 4 N–H and O–H groups in total. The number of imide groups is 1. The number of benzene rings is 2. The summed E-state index contributed by atoms with van der Waals surface area (Å²) in [6.07, 6.45) is 4.07. The summed E-state index contributed by atoms with van der Waals surface area (Å²) in [6, 6.07) is 17.3. The van der Waals surface area contributed by atoms with E-state index >= 15 is 0 Å². The van der Waals surface area contributed by atoms with E-state index < -0.39 is 23.6 Å². The number of alkyl carbamates (subject to hydrolysis) is 1.